The van der Waals surface area contributed by atoms with E-state index in [2.05, 4.69) is 0 Å². The Labute approximate surface area is 221 Å². The summed E-state index contributed by atoms with van der Waals surface area (Å²) in [5.74, 6) is -2.79. The lowest BCUT2D eigenvalue weighted by atomic mass is 9.44. The van der Waals surface area contributed by atoms with Gasteiger partial charge in [-0.05, 0) is 55.9 Å². The van der Waals surface area contributed by atoms with Crippen LogP contribution in [0.15, 0.2) is 48.1 Å². The predicted molar refractivity (Wildman–Crippen MR) is 130 cm³/mol. The molecule has 1 N–H and O–H groups in total. The number of fused-ring (bicyclic) bond motifs is 7. The molecule has 6 rings (SSSR count). The van der Waals surface area contributed by atoms with Crippen LogP contribution in [0.4, 0.5) is 17.6 Å². The summed E-state index contributed by atoms with van der Waals surface area (Å²) in [6.45, 7) is 3.16. The molecule has 1 aliphatic heterocycles. The van der Waals surface area contributed by atoms with Gasteiger partial charge in [0.25, 0.3) is 0 Å². The van der Waals surface area contributed by atoms with Crippen LogP contribution in [0.5, 0.6) is 0 Å². The van der Waals surface area contributed by atoms with Crippen molar-refractivity contribution in [1.29, 1.82) is 0 Å². The highest BCUT2D eigenvalue weighted by Gasteiger charge is 2.80. The molecule has 10 heteroatoms. The molecule has 0 bridgehead atoms. The number of allylic oxidation sites excluding steroid dienone is 4. The summed E-state index contributed by atoms with van der Waals surface area (Å²) in [4.78, 5) is 25.6. The highest BCUT2D eigenvalue weighted by atomic mass is 32.2. The first-order valence-corrected chi connectivity index (χ1v) is 13.7. The number of hydrogen-bond acceptors (Lipinski definition) is 6. The third-order valence-electron chi connectivity index (χ3n) is 10.0. The van der Waals surface area contributed by atoms with E-state index in [1.807, 2.05) is 0 Å². The molecule has 38 heavy (non-hydrogen) atoms. The van der Waals surface area contributed by atoms with Crippen molar-refractivity contribution in [2.24, 2.45) is 22.7 Å². The summed E-state index contributed by atoms with van der Waals surface area (Å²) in [6, 6.07) is 4.73. The van der Waals surface area contributed by atoms with Crippen molar-refractivity contribution in [2.75, 3.05) is 6.01 Å². The second-order valence-electron chi connectivity index (χ2n) is 11.5. The number of aliphatic hydroxyl groups excluding tert-OH is 1. The second-order valence-corrected chi connectivity index (χ2v) is 12.3. The first-order chi connectivity index (χ1) is 17.9. The number of rotatable bonds is 3. The maximum absolute atomic E-state index is 17.4. The van der Waals surface area contributed by atoms with Crippen LogP contribution >= 0.6 is 11.8 Å². The van der Waals surface area contributed by atoms with Crippen LogP contribution in [0.25, 0.3) is 0 Å². The molecule has 3 saturated carbocycles. The average Bonchev–Trinajstić information content (AvgIpc) is 3.36. The zero-order valence-electron chi connectivity index (χ0n) is 20.8. The van der Waals surface area contributed by atoms with Crippen molar-refractivity contribution >= 4 is 22.7 Å². The lowest BCUT2D eigenvalue weighted by Crippen LogP contribution is -2.70. The predicted octanol–water partition coefficient (Wildman–Crippen LogP) is 5.09. The molecule has 1 aromatic rings. The third kappa shape index (κ3) is 3.06. The smallest absolute Gasteiger partial charge is 0.226 e. The third-order valence-corrected chi connectivity index (χ3v) is 10.7. The maximum atomic E-state index is 17.4. The minimum absolute atomic E-state index is 0.00418. The summed E-state index contributed by atoms with van der Waals surface area (Å²) in [5.41, 5.74) is -6.95. The van der Waals surface area contributed by atoms with Gasteiger partial charge in [-0.2, -0.15) is 0 Å². The highest BCUT2D eigenvalue weighted by Crippen LogP contribution is 2.73. The first-order valence-electron chi connectivity index (χ1n) is 12.7. The Morgan fingerprint density at radius 1 is 1.21 bits per heavy atom. The lowest BCUT2D eigenvalue weighted by molar-refractivity contribution is -0.232. The molecule has 0 spiro atoms. The summed E-state index contributed by atoms with van der Waals surface area (Å²) in [5, 5.41) is 10.8. The van der Waals surface area contributed by atoms with Gasteiger partial charge in [0, 0.05) is 22.3 Å². The van der Waals surface area contributed by atoms with E-state index in [1.165, 1.54) is 37.3 Å². The molecule has 0 aromatic heterocycles. The van der Waals surface area contributed by atoms with E-state index in [0.717, 1.165) is 6.08 Å². The molecular formula is C28H28F4O5S. The summed E-state index contributed by atoms with van der Waals surface area (Å²) < 4.78 is 73.6. The van der Waals surface area contributed by atoms with E-state index >= 15 is 8.78 Å². The summed E-state index contributed by atoms with van der Waals surface area (Å²) in [6.07, 6.45) is -2.40. The molecule has 1 unspecified atom stereocenters. The fourth-order valence-electron chi connectivity index (χ4n) is 8.26. The van der Waals surface area contributed by atoms with Gasteiger partial charge in [-0.3, -0.25) is 9.59 Å². The molecule has 4 aliphatic carbocycles. The highest BCUT2D eigenvalue weighted by molar-refractivity contribution is 8.13. The topological polar surface area (TPSA) is 72.8 Å². The van der Waals surface area contributed by atoms with Crippen LogP contribution in [-0.4, -0.2) is 51.7 Å². The van der Waals surface area contributed by atoms with Gasteiger partial charge in [0.1, 0.15) is 18.0 Å². The lowest BCUT2D eigenvalue weighted by Gasteiger charge is -2.63. The Balaban J connectivity index is 1.46. The SMILES string of the molecule is C[C@]12C=CC(=O)C=C1[C@@H](F)C[C@H]1[C@@H]3C[C@H]4OC(c5ccccc5F)O[C@@]4(C(=O)SCF)[C@@]3(C)C[C@H](O)[C@@]12F. The fourth-order valence-corrected chi connectivity index (χ4v) is 8.99. The fraction of sp³-hybridized carbons (Fsp3) is 0.571. The summed E-state index contributed by atoms with van der Waals surface area (Å²) >= 11 is 0.388. The molecule has 1 aromatic carbocycles. The van der Waals surface area contributed by atoms with Crippen LogP contribution in [0.3, 0.4) is 0 Å². The van der Waals surface area contributed by atoms with Gasteiger partial charge in [-0.1, -0.05) is 43.0 Å². The minimum Gasteiger partial charge on any atom is -0.390 e. The van der Waals surface area contributed by atoms with Crippen molar-refractivity contribution in [3.05, 3.63) is 59.4 Å². The Morgan fingerprint density at radius 2 is 1.95 bits per heavy atom. The van der Waals surface area contributed by atoms with Crippen LogP contribution in [0.2, 0.25) is 0 Å². The van der Waals surface area contributed by atoms with E-state index in [9.17, 15) is 23.5 Å². The maximum Gasteiger partial charge on any atom is 0.226 e. The van der Waals surface area contributed by atoms with E-state index in [1.54, 1.807) is 13.0 Å². The number of thioether (sulfide) groups is 1. The van der Waals surface area contributed by atoms with Gasteiger partial charge in [-0.15, -0.1) is 0 Å². The Kier molecular flexibility index (Phi) is 5.86. The molecule has 1 heterocycles. The average molecular weight is 553 g/mol. The van der Waals surface area contributed by atoms with Crippen LogP contribution in [-0.2, 0) is 19.1 Å². The Bertz CT molecular complexity index is 1270. The van der Waals surface area contributed by atoms with Crippen LogP contribution in [0.1, 0.15) is 45.0 Å². The van der Waals surface area contributed by atoms with Crippen molar-refractivity contribution < 1.29 is 41.7 Å². The minimum atomic E-state index is -2.34. The number of halogens is 4. The second kappa shape index (κ2) is 8.49. The van der Waals surface area contributed by atoms with Gasteiger partial charge in [0.2, 0.25) is 5.12 Å². The number of ketones is 1. The van der Waals surface area contributed by atoms with Gasteiger partial charge < -0.3 is 14.6 Å². The van der Waals surface area contributed by atoms with Crippen molar-refractivity contribution in [3.63, 3.8) is 0 Å². The largest absolute Gasteiger partial charge is 0.390 e. The number of carbonyl (C=O) groups excluding carboxylic acids is 2. The number of benzene rings is 1. The van der Waals surface area contributed by atoms with E-state index in [4.69, 9.17) is 9.47 Å². The van der Waals surface area contributed by atoms with E-state index in [0.29, 0.717) is 11.8 Å². The van der Waals surface area contributed by atoms with E-state index < -0.39 is 81.3 Å². The van der Waals surface area contributed by atoms with Gasteiger partial charge in [0.15, 0.2) is 23.3 Å². The molecule has 10 atom stereocenters. The van der Waals surface area contributed by atoms with Crippen LogP contribution < -0.4 is 0 Å². The summed E-state index contributed by atoms with van der Waals surface area (Å²) in [7, 11) is 0. The number of carbonyl (C=O) groups is 2. The first kappa shape index (κ1) is 26.2. The molecule has 0 amide bonds. The zero-order valence-corrected chi connectivity index (χ0v) is 21.7. The normalized spacial score (nSPS) is 47.1. The van der Waals surface area contributed by atoms with Crippen molar-refractivity contribution in [2.45, 2.75) is 69.0 Å². The molecule has 204 valence electrons. The molecule has 1 saturated heterocycles. The molecular weight excluding hydrogens is 524 g/mol. The number of hydrogen-bond donors (Lipinski definition) is 1. The number of aliphatic hydroxyl groups is 1. The quantitative estimate of drug-likeness (QED) is 0.527. The van der Waals surface area contributed by atoms with Gasteiger partial charge >= 0.3 is 0 Å². The standard InChI is InChI=1S/C28H28F4O5S/c1-25-8-7-14(33)9-18(25)20(31)10-17-16-11-22-28(24(35)38-13-29,26(16,2)12-21(34)27(17,25)32)37-23(36-22)15-5-3-4-6-19(15)30/h3-9,16-17,20-23,34H,10-13H2,1-2H3/t16-,17-,20-,21-,22+,23?,25-,26-,27-,28-/m0/s1. The molecule has 4 fully saturated rings. The van der Waals surface area contributed by atoms with Crippen molar-refractivity contribution in [3.8, 4) is 0 Å². The Morgan fingerprint density at radius 3 is 2.66 bits per heavy atom. The number of alkyl halides is 3. The molecule has 5 nitrogen and oxygen atoms in total. The number of ether oxygens (including phenoxy) is 2. The zero-order chi connectivity index (χ0) is 27.3. The van der Waals surface area contributed by atoms with Gasteiger partial charge in [-0.25, -0.2) is 17.6 Å². The van der Waals surface area contributed by atoms with Crippen LogP contribution in [0, 0.1) is 28.5 Å². The monoisotopic (exact) mass is 552 g/mol. The van der Waals surface area contributed by atoms with Crippen molar-refractivity contribution in [1.82, 2.24) is 0 Å². The Hall–Kier alpha value is -2.01. The molecule has 0 radical (unpaired) electrons. The molecule has 5 aliphatic rings. The van der Waals surface area contributed by atoms with Gasteiger partial charge in [0.05, 0.1) is 12.2 Å². The van der Waals surface area contributed by atoms with E-state index in [-0.39, 0.29) is 30.4 Å².